The van der Waals surface area contributed by atoms with Crippen LogP contribution >= 0.6 is 0 Å². The van der Waals surface area contributed by atoms with Gasteiger partial charge in [-0.3, -0.25) is 0 Å². The lowest BCUT2D eigenvalue weighted by Gasteiger charge is -2.14. The summed E-state index contributed by atoms with van der Waals surface area (Å²) in [7, 11) is 0. The second-order valence-electron chi connectivity index (χ2n) is 8.39. The van der Waals surface area contributed by atoms with E-state index in [0.717, 1.165) is 49.7 Å². The minimum Gasteiger partial charge on any atom is -0.459 e. The fourth-order valence-corrected chi connectivity index (χ4v) is 4.55. The molecular weight excluding hydrogens is 392 g/mol. The zero-order valence-electron chi connectivity index (χ0n) is 17.7. The quantitative estimate of drug-likeness (QED) is 0.470. The maximum atomic E-state index is 13.0. The van der Waals surface area contributed by atoms with E-state index < -0.39 is 5.97 Å². The molecule has 7 heteroatoms. The number of benzene rings is 1. The van der Waals surface area contributed by atoms with Gasteiger partial charge in [0.25, 0.3) is 0 Å². The zero-order valence-corrected chi connectivity index (χ0v) is 17.7. The molecule has 0 amide bonds. The van der Waals surface area contributed by atoms with E-state index in [9.17, 15) is 4.79 Å². The van der Waals surface area contributed by atoms with Crippen LogP contribution in [0.5, 0.6) is 0 Å². The number of aromatic nitrogens is 3. The zero-order chi connectivity index (χ0) is 21.2. The average molecular weight is 421 g/mol. The number of fused-ring (bicyclic) bond motifs is 2. The summed E-state index contributed by atoms with van der Waals surface area (Å²) >= 11 is 0. The monoisotopic (exact) mass is 420 g/mol. The third-order valence-electron chi connectivity index (χ3n) is 6.26. The molecule has 3 aromatic rings. The van der Waals surface area contributed by atoms with E-state index in [1.807, 2.05) is 28.8 Å². The first-order valence-corrected chi connectivity index (χ1v) is 11.2. The lowest BCUT2D eigenvalue weighted by molar-refractivity contribution is 0.0163. The molecule has 0 saturated carbocycles. The summed E-state index contributed by atoms with van der Waals surface area (Å²) in [5, 5.41) is 0. The van der Waals surface area contributed by atoms with Crippen molar-refractivity contribution in [2.24, 2.45) is 0 Å². The lowest BCUT2D eigenvalue weighted by Crippen LogP contribution is -2.18. The standard InChI is InChI=1S/C24H28N4O3/c25-22-20(24(29)31-15-17-9-6-14-30-17)21-23(27-19-11-5-4-10-18(19)26-21)28(22)13-12-16-7-2-1-3-8-16/h4-5,7,10-11,17H,1-3,6,8-9,12-15,25H2. The Hall–Kier alpha value is -2.93. The van der Waals surface area contributed by atoms with Gasteiger partial charge in [0.15, 0.2) is 5.65 Å². The van der Waals surface area contributed by atoms with Crippen LogP contribution in [0.3, 0.4) is 0 Å². The van der Waals surface area contributed by atoms with E-state index in [-0.39, 0.29) is 12.7 Å². The van der Waals surface area contributed by atoms with Gasteiger partial charge in [-0.25, -0.2) is 14.8 Å². The fraction of sp³-hybridized carbons (Fsp3) is 0.458. The molecule has 1 aromatic carbocycles. The maximum Gasteiger partial charge on any atom is 0.344 e. The molecule has 0 spiro atoms. The first-order valence-electron chi connectivity index (χ1n) is 11.2. The molecule has 5 rings (SSSR count). The molecule has 1 unspecified atom stereocenters. The molecule has 0 radical (unpaired) electrons. The number of nitrogens with zero attached hydrogens (tertiary/aromatic N) is 3. The van der Waals surface area contributed by atoms with Crippen LogP contribution in [0.4, 0.5) is 5.82 Å². The molecular formula is C24H28N4O3. The number of esters is 1. The number of rotatable bonds is 6. The molecule has 31 heavy (non-hydrogen) atoms. The van der Waals surface area contributed by atoms with Gasteiger partial charge in [0.05, 0.1) is 17.1 Å². The topological polar surface area (TPSA) is 92.3 Å². The van der Waals surface area contributed by atoms with Crippen molar-refractivity contribution in [1.29, 1.82) is 0 Å². The van der Waals surface area contributed by atoms with Gasteiger partial charge in [0.1, 0.15) is 23.5 Å². The summed E-state index contributed by atoms with van der Waals surface area (Å²) in [6.45, 7) is 1.62. The molecule has 1 aliphatic carbocycles. The summed E-state index contributed by atoms with van der Waals surface area (Å²) < 4.78 is 13.1. The lowest BCUT2D eigenvalue weighted by atomic mass is 9.97. The number of hydrogen-bond donors (Lipinski definition) is 1. The van der Waals surface area contributed by atoms with E-state index in [1.165, 1.54) is 18.4 Å². The van der Waals surface area contributed by atoms with E-state index >= 15 is 0 Å². The van der Waals surface area contributed by atoms with Crippen LogP contribution in [0.15, 0.2) is 35.9 Å². The van der Waals surface area contributed by atoms with Gasteiger partial charge in [-0.05, 0) is 57.1 Å². The Kier molecular flexibility index (Phi) is 5.59. The second kappa shape index (κ2) is 8.67. The number of para-hydroxylation sites is 2. The number of hydrogen-bond acceptors (Lipinski definition) is 6. The van der Waals surface area contributed by atoms with Gasteiger partial charge >= 0.3 is 5.97 Å². The van der Waals surface area contributed by atoms with Gasteiger partial charge in [-0.1, -0.05) is 23.8 Å². The van der Waals surface area contributed by atoms with Crippen molar-refractivity contribution in [1.82, 2.24) is 14.5 Å². The Labute approximate surface area is 181 Å². The molecule has 1 fully saturated rings. The van der Waals surface area contributed by atoms with E-state index in [4.69, 9.17) is 25.2 Å². The van der Waals surface area contributed by atoms with Crippen molar-refractivity contribution in [2.45, 2.75) is 57.6 Å². The van der Waals surface area contributed by atoms with Crippen LogP contribution in [0, 0.1) is 0 Å². The molecule has 2 N–H and O–H groups in total. The second-order valence-corrected chi connectivity index (χ2v) is 8.39. The maximum absolute atomic E-state index is 13.0. The van der Waals surface area contributed by atoms with E-state index in [2.05, 4.69) is 6.08 Å². The summed E-state index contributed by atoms with van der Waals surface area (Å²) in [4.78, 5) is 22.6. The first-order chi connectivity index (χ1) is 15.2. The highest BCUT2D eigenvalue weighted by Crippen LogP contribution is 2.30. The van der Waals surface area contributed by atoms with Gasteiger partial charge in [0.2, 0.25) is 0 Å². The van der Waals surface area contributed by atoms with Crippen LogP contribution in [0.1, 0.15) is 55.3 Å². The summed E-state index contributed by atoms with van der Waals surface area (Å²) in [6.07, 6.45) is 9.86. The van der Waals surface area contributed by atoms with Crippen LogP contribution < -0.4 is 5.73 Å². The number of nitrogens with two attached hydrogens (primary N) is 1. The Morgan fingerprint density at radius 3 is 2.77 bits per heavy atom. The number of carbonyl (C=O) groups excluding carboxylic acids is 1. The highest BCUT2D eigenvalue weighted by atomic mass is 16.6. The van der Waals surface area contributed by atoms with Crippen molar-refractivity contribution in [3.63, 3.8) is 0 Å². The van der Waals surface area contributed by atoms with Gasteiger partial charge in [0, 0.05) is 13.2 Å². The number of aryl methyl sites for hydroxylation is 1. The van der Waals surface area contributed by atoms with Gasteiger partial charge in [-0.2, -0.15) is 0 Å². The number of carbonyl (C=O) groups is 1. The van der Waals surface area contributed by atoms with Crippen LogP contribution in [-0.2, 0) is 16.0 Å². The smallest absolute Gasteiger partial charge is 0.344 e. The molecule has 162 valence electrons. The molecule has 0 bridgehead atoms. The summed E-state index contributed by atoms with van der Waals surface area (Å²) in [6, 6.07) is 7.66. The Balaban J connectivity index is 1.51. The average Bonchev–Trinajstić information content (AvgIpc) is 3.41. The van der Waals surface area contributed by atoms with Crippen LogP contribution in [0.2, 0.25) is 0 Å². The largest absolute Gasteiger partial charge is 0.459 e. The van der Waals surface area contributed by atoms with Gasteiger partial charge < -0.3 is 19.8 Å². The van der Waals surface area contributed by atoms with Crippen molar-refractivity contribution in [3.8, 4) is 0 Å². The SMILES string of the molecule is Nc1c(C(=O)OCC2CCCO2)c2nc3ccccc3nc2n1CCC1=CCCCC1. The Morgan fingerprint density at radius 1 is 1.19 bits per heavy atom. The minimum atomic E-state index is -0.460. The predicted molar refractivity (Wildman–Crippen MR) is 120 cm³/mol. The molecule has 1 saturated heterocycles. The van der Waals surface area contributed by atoms with Gasteiger partial charge in [-0.15, -0.1) is 0 Å². The number of anilines is 1. The Morgan fingerprint density at radius 2 is 2.03 bits per heavy atom. The molecule has 7 nitrogen and oxygen atoms in total. The van der Waals surface area contributed by atoms with Crippen molar-refractivity contribution < 1.29 is 14.3 Å². The fourth-order valence-electron chi connectivity index (χ4n) is 4.55. The Bertz CT molecular complexity index is 1140. The third-order valence-corrected chi connectivity index (χ3v) is 6.26. The van der Waals surface area contributed by atoms with Crippen LogP contribution in [0.25, 0.3) is 22.2 Å². The number of allylic oxidation sites excluding steroid dienone is 2. The van der Waals surface area contributed by atoms with Crippen molar-refractivity contribution >= 4 is 34.0 Å². The summed E-state index contributed by atoms with van der Waals surface area (Å²) in [5.41, 5.74) is 10.9. The van der Waals surface area contributed by atoms with Crippen molar-refractivity contribution in [3.05, 3.63) is 41.5 Å². The highest BCUT2D eigenvalue weighted by molar-refractivity contribution is 6.08. The summed E-state index contributed by atoms with van der Waals surface area (Å²) in [5.74, 6) is -0.0859. The normalized spacial score (nSPS) is 19.1. The minimum absolute atomic E-state index is 0.0383. The molecule has 1 aliphatic heterocycles. The predicted octanol–water partition coefficient (Wildman–Crippen LogP) is 4.39. The highest BCUT2D eigenvalue weighted by Gasteiger charge is 2.26. The molecule has 1 atom stereocenters. The van der Waals surface area contributed by atoms with E-state index in [1.54, 1.807) is 0 Å². The number of ether oxygens (including phenoxy) is 2. The molecule has 3 heterocycles. The van der Waals surface area contributed by atoms with Crippen molar-refractivity contribution in [2.75, 3.05) is 18.9 Å². The number of nitrogen functional groups attached to an aromatic ring is 1. The third kappa shape index (κ3) is 4.02. The van der Waals surface area contributed by atoms with Crippen LogP contribution in [-0.4, -0.2) is 39.8 Å². The molecule has 2 aromatic heterocycles. The van der Waals surface area contributed by atoms with E-state index in [0.29, 0.717) is 29.1 Å². The first kappa shape index (κ1) is 20.0. The molecule has 2 aliphatic rings.